The van der Waals surface area contributed by atoms with Crippen LogP contribution in [0.1, 0.15) is 13.8 Å². The number of nitrogens with one attached hydrogen (secondary N) is 3. The molecule has 0 spiro atoms. The van der Waals surface area contributed by atoms with Gasteiger partial charge in [0.25, 0.3) is 11.8 Å². The first-order valence-corrected chi connectivity index (χ1v) is 7.51. The molecule has 0 radical (unpaired) electrons. The molecule has 0 saturated carbocycles. The summed E-state index contributed by atoms with van der Waals surface area (Å²) < 4.78 is 44.0. The molecule has 0 aromatic heterocycles. The van der Waals surface area contributed by atoms with Gasteiger partial charge in [-0.1, -0.05) is 0 Å². The minimum Gasteiger partial charge on any atom is -0.450 e. The van der Waals surface area contributed by atoms with Crippen LogP contribution in [-0.2, 0) is 14.3 Å². The van der Waals surface area contributed by atoms with Crippen molar-refractivity contribution in [1.29, 1.82) is 0 Å². The third-order valence-electron chi connectivity index (χ3n) is 3.15. The van der Waals surface area contributed by atoms with E-state index >= 15 is 0 Å². The van der Waals surface area contributed by atoms with Gasteiger partial charge in [0.15, 0.2) is 30.5 Å². The van der Waals surface area contributed by atoms with Gasteiger partial charge in [-0.25, -0.2) is 18.0 Å². The number of hydrogen-bond donors (Lipinski definition) is 3. The van der Waals surface area contributed by atoms with E-state index in [0.29, 0.717) is 17.5 Å². The molecule has 3 amide bonds. The molecule has 0 bridgehead atoms. The number of halogens is 3. The molecule has 1 unspecified atom stereocenters. The molecular formula is C15H19F3N3O4+. The van der Waals surface area contributed by atoms with E-state index in [1.807, 2.05) is 5.32 Å². The second-order valence-electron chi connectivity index (χ2n) is 5.00. The molecule has 3 N–H and O–H groups in total. The van der Waals surface area contributed by atoms with Crippen molar-refractivity contribution < 1.29 is 37.2 Å². The van der Waals surface area contributed by atoms with Gasteiger partial charge in [-0.3, -0.25) is 14.9 Å². The van der Waals surface area contributed by atoms with E-state index in [1.165, 1.54) is 0 Å². The summed E-state index contributed by atoms with van der Waals surface area (Å²) in [5, 5.41) is 4.10. The fourth-order valence-corrected chi connectivity index (χ4v) is 1.91. The van der Waals surface area contributed by atoms with Crippen molar-refractivity contribution in [3.05, 3.63) is 29.6 Å². The predicted octanol–water partition coefficient (Wildman–Crippen LogP) is 0.220. The zero-order valence-corrected chi connectivity index (χ0v) is 13.8. The molecule has 0 aliphatic heterocycles. The number of rotatable bonds is 7. The molecule has 1 atom stereocenters. The van der Waals surface area contributed by atoms with Crippen LogP contribution in [-0.4, -0.2) is 44.1 Å². The van der Waals surface area contributed by atoms with Crippen molar-refractivity contribution in [2.75, 3.05) is 31.6 Å². The number of alkyl carbamates (subject to hydrolysis) is 1. The highest BCUT2D eigenvalue weighted by molar-refractivity contribution is 5.93. The Labute approximate surface area is 142 Å². The molecule has 7 nitrogen and oxygen atoms in total. The van der Waals surface area contributed by atoms with Crippen molar-refractivity contribution >= 4 is 23.6 Å². The highest BCUT2D eigenvalue weighted by Crippen LogP contribution is 2.19. The molecule has 0 saturated heterocycles. The van der Waals surface area contributed by atoms with E-state index in [4.69, 9.17) is 0 Å². The Morgan fingerprint density at radius 1 is 1.04 bits per heavy atom. The van der Waals surface area contributed by atoms with Gasteiger partial charge in [0.2, 0.25) is 0 Å². The van der Waals surface area contributed by atoms with Gasteiger partial charge < -0.3 is 15.0 Å². The summed E-state index contributed by atoms with van der Waals surface area (Å²) >= 11 is 0. The number of likely N-dealkylation sites (N-methyl/N-ethyl adjacent to an activating group) is 1. The van der Waals surface area contributed by atoms with Gasteiger partial charge in [-0.05, 0) is 26.0 Å². The lowest BCUT2D eigenvalue weighted by atomic mass is 10.2. The third kappa shape index (κ3) is 6.42. The average Bonchev–Trinajstić information content (AvgIpc) is 2.54. The Morgan fingerprint density at radius 2 is 1.68 bits per heavy atom. The largest absolute Gasteiger partial charge is 0.450 e. The summed E-state index contributed by atoms with van der Waals surface area (Å²) in [5.41, 5.74) is -0.504. The van der Waals surface area contributed by atoms with E-state index in [-0.39, 0.29) is 19.7 Å². The first-order chi connectivity index (χ1) is 11.8. The summed E-state index contributed by atoms with van der Waals surface area (Å²) in [7, 11) is 0. The summed E-state index contributed by atoms with van der Waals surface area (Å²) in [6.07, 6.45) is -0.892. The summed E-state index contributed by atoms with van der Waals surface area (Å²) in [6, 6.07) is 1.58. The van der Waals surface area contributed by atoms with Crippen LogP contribution in [0, 0.1) is 17.5 Å². The van der Waals surface area contributed by atoms with Crippen LogP contribution in [0.15, 0.2) is 12.1 Å². The Morgan fingerprint density at radius 3 is 2.28 bits per heavy atom. The molecule has 138 valence electrons. The minimum absolute atomic E-state index is 0.103. The van der Waals surface area contributed by atoms with E-state index in [0.717, 1.165) is 6.07 Å². The highest BCUT2D eigenvalue weighted by atomic mass is 19.2. The van der Waals surface area contributed by atoms with Crippen LogP contribution in [0.3, 0.4) is 0 Å². The Kier molecular flexibility index (Phi) is 7.86. The van der Waals surface area contributed by atoms with Gasteiger partial charge in [0.05, 0.1) is 18.8 Å². The Balaban J connectivity index is 2.60. The number of hydrogen-bond acceptors (Lipinski definition) is 4. The van der Waals surface area contributed by atoms with E-state index in [1.54, 1.807) is 13.8 Å². The molecule has 0 fully saturated rings. The quantitative estimate of drug-likeness (QED) is 0.606. The number of ether oxygens (including phenoxy) is 1. The lowest BCUT2D eigenvalue weighted by molar-refractivity contribution is -0.881. The average molecular weight is 362 g/mol. The number of quaternary nitrogens is 1. The van der Waals surface area contributed by atoms with E-state index < -0.39 is 41.0 Å². The molecular weight excluding hydrogens is 343 g/mol. The molecule has 1 rings (SSSR count). The maximum absolute atomic E-state index is 13.5. The zero-order valence-electron chi connectivity index (χ0n) is 13.8. The second kappa shape index (κ2) is 9.62. The Hall–Kier alpha value is -2.62. The van der Waals surface area contributed by atoms with E-state index in [9.17, 15) is 27.6 Å². The molecule has 1 aromatic rings. The Bertz CT molecular complexity index is 655. The molecule has 25 heavy (non-hydrogen) atoms. The number of benzene rings is 1. The van der Waals surface area contributed by atoms with Gasteiger partial charge in [-0.15, -0.1) is 0 Å². The summed E-state index contributed by atoms with van der Waals surface area (Å²) in [4.78, 5) is 35.1. The summed E-state index contributed by atoms with van der Waals surface area (Å²) in [6.45, 7) is 3.28. The minimum atomic E-state index is -1.69. The smallest absolute Gasteiger partial charge is 0.414 e. The van der Waals surface area contributed by atoms with Crippen molar-refractivity contribution in [2.45, 2.75) is 13.8 Å². The van der Waals surface area contributed by atoms with Gasteiger partial charge in [0, 0.05) is 0 Å². The monoisotopic (exact) mass is 362 g/mol. The highest BCUT2D eigenvalue weighted by Gasteiger charge is 2.20. The first kappa shape index (κ1) is 20.4. The van der Waals surface area contributed by atoms with Gasteiger partial charge >= 0.3 is 6.09 Å². The lowest BCUT2D eigenvalue weighted by Gasteiger charge is -2.16. The topological polar surface area (TPSA) is 88.9 Å². The van der Waals surface area contributed by atoms with Gasteiger partial charge in [-0.2, -0.15) is 0 Å². The van der Waals surface area contributed by atoms with Crippen molar-refractivity contribution in [1.82, 2.24) is 5.32 Å². The first-order valence-electron chi connectivity index (χ1n) is 7.51. The fraction of sp³-hybridized carbons (Fsp3) is 0.400. The second-order valence-corrected chi connectivity index (χ2v) is 5.00. The molecule has 10 heteroatoms. The van der Waals surface area contributed by atoms with Crippen molar-refractivity contribution in [3.63, 3.8) is 0 Å². The maximum atomic E-state index is 13.5. The van der Waals surface area contributed by atoms with Crippen molar-refractivity contribution in [3.8, 4) is 0 Å². The number of amides is 3. The zero-order chi connectivity index (χ0) is 19.0. The SMILES string of the molecule is CCOC(=O)NC(=O)C[NH+](CC)CC(=O)Nc1ccc(F)c(F)c1F. The predicted molar refractivity (Wildman–Crippen MR) is 81.3 cm³/mol. The standard InChI is InChI=1S/C15H18F3N3O4/c1-3-21(8-12(23)20-15(24)25-4-2)7-11(22)19-10-6-5-9(16)13(17)14(10)18/h5-6H,3-4,7-8H2,1-2H3,(H,19,22)(H,20,23,24)/p+1. The van der Waals surface area contributed by atoms with Gasteiger partial charge in [0.1, 0.15) is 0 Å². The molecule has 0 aliphatic rings. The third-order valence-corrected chi connectivity index (χ3v) is 3.15. The number of carbonyl (C=O) groups excluding carboxylic acids is 3. The van der Waals surface area contributed by atoms with E-state index in [2.05, 4.69) is 10.1 Å². The number of anilines is 1. The normalized spacial score (nSPS) is 11.6. The number of imide groups is 1. The fourth-order valence-electron chi connectivity index (χ4n) is 1.91. The maximum Gasteiger partial charge on any atom is 0.414 e. The van der Waals surface area contributed by atoms with Crippen LogP contribution in [0.25, 0.3) is 0 Å². The number of carbonyl (C=O) groups is 3. The van der Waals surface area contributed by atoms with Crippen LogP contribution < -0.4 is 15.5 Å². The molecule has 0 aliphatic carbocycles. The van der Waals surface area contributed by atoms with Crippen LogP contribution in [0.5, 0.6) is 0 Å². The summed E-state index contributed by atoms with van der Waals surface area (Å²) in [5.74, 6) is -5.92. The van der Waals surface area contributed by atoms with Crippen molar-refractivity contribution in [2.24, 2.45) is 0 Å². The van der Waals surface area contributed by atoms with Crippen LogP contribution in [0.4, 0.5) is 23.7 Å². The lowest BCUT2D eigenvalue weighted by Crippen LogP contribution is -3.14. The molecule has 1 aromatic carbocycles. The molecule has 0 heterocycles. The van der Waals surface area contributed by atoms with Crippen LogP contribution in [0.2, 0.25) is 0 Å². The van der Waals surface area contributed by atoms with Crippen LogP contribution >= 0.6 is 0 Å².